The summed E-state index contributed by atoms with van der Waals surface area (Å²) in [6.45, 7) is 2.07. The summed E-state index contributed by atoms with van der Waals surface area (Å²) in [5.74, 6) is -0.708. The highest BCUT2D eigenvalue weighted by Gasteiger charge is 2.41. The molecule has 1 N–H and O–H groups in total. The molecular formula is C30H26BrNO3. The van der Waals surface area contributed by atoms with Crippen molar-refractivity contribution in [3.8, 4) is 0 Å². The monoisotopic (exact) mass is 527 g/mol. The Labute approximate surface area is 213 Å². The molecule has 2 aliphatic rings. The van der Waals surface area contributed by atoms with E-state index >= 15 is 0 Å². The zero-order valence-electron chi connectivity index (χ0n) is 19.5. The van der Waals surface area contributed by atoms with E-state index in [0.717, 1.165) is 39.0 Å². The van der Waals surface area contributed by atoms with E-state index in [1.165, 1.54) is 0 Å². The number of allylic oxidation sites excluding steroid dienone is 3. The second kappa shape index (κ2) is 10.0. The van der Waals surface area contributed by atoms with E-state index in [1.807, 2.05) is 79.7 Å². The van der Waals surface area contributed by atoms with Crippen LogP contribution in [0.3, 0.4) is 0 Å². The van der Waals surface area contributed by atoms with E-state index in [1.54, 1.807) is 0 Å². The lowest BCUT2D eigenvalue weighted by Gasteiger charge is -2.36. The molecule has 3 aromatic carbocycles. The number of rotatable bonds is 5. The molecule has 1 heterocycles. The average Bonchev–Trinajstić information content (AvgIpc) is 2.87. The van der Waals surface area contributed by atoms with Crippen LogP contribution in [0.5, 0.6) is 0 Å². The molecule has 2 atom stereocenters. The lowest BCUT2D eigenvalue weighted by molar-refractivity contribution is -0.140. The molecule has 0 spiro atoms. The summed E-state index contributed by atoms with van der Waals surface area (Å²) in [5, 5.41) is 3.42. The van der Waals surface area contributed by atoms with Gasteiger partial charge in [-0.1, -0.05) is 88.7 Å². The molecule has 0 aromatic heterocycles. The van der Waals surface area contributed by atoms with Crippen molar-refractivity contribution < 1.29 is 14.3 Å². The number of Topliss-reactive ketones (excluding diaryl/α,β-unsaturated/α-hetero) is 1. The highest BCUT2D eigenvalue weighted by molar-refractivity contribution is 9.10. The minimum absolute atomic E-state index is 0.0680. The number of hydrogen-bond donors (Lipinski definition) is 1. The maximum absolute atomic E-state index is 13.7. The molecule has 176 valence electrons. The molecule has 4 nitrogen and oxygen atoms in total. The Bertz CT molecular complexity index is 1330. The molecule has 0 saturated heterocycles. The van der Waals surface area contributed by atoms with E-state index < -0.39 is 11.9 Å². The molecule has 0 amide bonds. The van der Waals surface area contributed by atoms with Crippen LogP contribution in [-0.2, 0) is 20.9 Å². The maximum atomic E-state index is 13.7. The van der Waals surface area contributed by atoms with Gasteiger partial charge in [0.05, 0.1) is 5.57 Å². The normalized spacial score (nSPS) is 19.8. The number of halogens is 1. The number of carbonyl (C=O) groups excluding carboxylic acids is 2. The fraction of sp³-hybridized carbons (Fsp3) is 0.200. The van der Waals surface area contributed by atoms with Gasteiger partial charge in [-0.3, -0.25) is 4.79 Å². The molecule has 35 heavy (non-hydrogen) atoms. The Morgan fingerprint density at radius 2 is 1.63 bits per heavy atom. The number of nitrogens with one attached hydrogen (secondary N) is 1. The Hall–Kier alpha value is -3.44. The summed E-state index contributed by atoms with van der Waals surface area (Å²) in [6, 6.07) is 27.6. The Kier molecular flexibility index (Phi) is 6.69. The van der Waals surface area contributed by atoms with Crippen LogP contribution in [0.1, 0.15) is 48.3 Å². The smallest absolute Gasteiger partial charge is 0.337 e. The second-order valence-electron chi connectivity index (χ2n) is 9.04. The number of hydrogen-bond acceptors (Lipinski definition) is 4. The van der Waals surface area contributed by atoms with Gasteiger partial charge in [-0.25, -0.2) is 4.79 Å². The zero-order chi connectivity index (χ0) is 24.4. The number of ketones is 1. The van der Waals surface area contributed by atoms with Crippen LogP contribution in [0.25, 0.3) is 0 Å². The maximum Gasteiger partial charge on any atom is 0.337 e. The van der Waals surface area contributed by atoms with E-state index in [9.17, 15) is 9.59 Å². The SMILES string of the molecule is CC1=C(C(=O)OCc2ccccc2)[C@@H](c2cccc(Br)c2)C2=C(C[C@@H](c3ccccc3)CC2=O)N1. The van der Waals surface area contributed by atoms with Crippen LogP contribution >= 0.6 is 15.9 Å². The number of ether oxygens (including phenoxy) is 1. The van der Waals surface area contributed by atoms with Gasteiger partial charge in [0.2, 0.25) is 0 Å². The molecule has 1 aliphatic carbocycles. The summed E-state index contributed by atoms with van der Waals surface area (Å²) >= 11 is 3.56. The molecule has 1 aliphatic heterocycles. The molecule has 0 unspecified atom stereocenters. The molecule has 5 heteroatoms. The van der Waals surface area contributed by atoms with Gasteiger partial charge in [0.25, 0.3) is 0 Å². The molecule has 0 radical (unpaired) electrons. The van der Waals surface area contributed by atoms with Gasteiger partial charge in [-0.2, -0.15) is 0 Å². The molecule has 0 fully saturated rings. The van der Waals surface area contributed by atoms with Crippen LogP contribution in [0.4, 0.5) is 0 Å². The standard InChI is InChI=1S/C30H26BrNO3/c1-19-27(30(34)35-18-20-9-4-2-5-10-20)28(22-13-8-14-24(31)15-22)29-25(32-19)16-23(17-26(29)33)21-11-6-3-7-12-21/h2-15,23,28,32H,16-18H2,1H3/t23-,28-/m1/s1. The fourth-order valence-corrected chi connectivity index (χ4v) is 5.51. The van der Waals surface area contributed by atoms with Crippen LogP contribution in [-0.4, -0.2) is 11.8 Å². The summed E-state index contributed by atoms with van der Waals surface area (Å²) in [5.41, 5.74) is 5.76. The lowest BCUT2D eigenvalue weighted by atomic mass is 9.72. The average molecular weight is 528 g/mol. The molecule has 5 rings (SSSR count). The molecule has 0 bridgehead atoms. The summed E-state index contributed by atoms with van der Waals surface area (Å²) in [7, 11) is 0. The fourth-order valence-electron chi connectivity index (χ4n) is 5.09. The number of benzene rings is 3. The van der Waals surface area contributed by atoms with Gasteiger partial charge >= 0.3 is 5.97 Å². The van der Waals surface area contributed by atoms with Crippen molar-refractivity contribution in [3.05, 3.63) is 129 Å². The summed E-state index contributed by atoms with van der Waals surface area (Å²) in [6.07, 6.45) is 1.14. The first-order valence-corrected chi connectivity index (χ1v) is 12.6. The van der Waals surface area contributed by atoms with Gasteiger partial charge < -0.3 is 10.1 Å². The quantitative estimate of drug-likeness (QED) is 0.382. The lowest BCUT2D eigenvalue weighted by Crippen LogP contribution is -2.36. The van der Waals surface area contributed by atoms with Crippen LogP contribution < -0.4 is 5.32 Å². The van der Waals surface area contributed by atoms with Crippen molar-refractivity contribution in [2.75, 3.05) is 0 Å². The zero-order valence-corrected chi connectivity index (χ0v) is 21.0. The summed E-state index contributed by atoms with van der Waals surface area (Å²) < 4.78 is 6.64. The highest BCUT2D eigenvalue weighted by Crippen LogP contribution is 2.46. The largest absolute Gasteiger partial charge is 0.457 e. The van der Waals surface area contributed by atoms with Crippen molar-refractivity contribution in [1.29, 1.82) is 0 Å². The first-order valence-electron chi connectivity index (χ1n) is 11.8. The molecular weight excluding hydrogens is 502 g/mol. The first-order chi connectivity index (χ1) is 17.0. The number of esters is 1. The predicted molar refractivity (Wildman–Crippen MR) is 139 cm³/mol. The summed E-state index contributed by atoms with van der Waals surface area (Å²) in [4.78, 5) is 27.1. The first kappa shape index (κ1) is 23.3. The second-order valence-corrected chi connectivity index (χ2v) is 9.96. The Balaban J connectivity index is 1.52. The topological polar surface area (TPSA) is 55.4 Å². The van der Waals surface area contributed by atoms with Gasteiger partial charge in [-0.05, 0) is 48.1 Å². The highest BCUT2D eigenvalue weighted by atomic mass is 79.9. The van der Waals surface area contributed by atoms with E-state index in [2.05, 4.69) is 33.4 Å². The van der Waals surface area contributed by atoms with Crippen LogP contribution in [0.15, 0.2) is 112 Å². The number of dihydropyridines is 1. The van der Waals surface area contributed by atoms with Gasteiger partial charge in [-0.15, -0.1) is 0 Å². The van der Waals surface area contributed by atoms with E-state index in [0.29, 0.717) is 17.6 Å². The minimum Gasteiger partial charge on any atom is -0.457 e. The third kappa shape index (κ3) is 4.87. The van der Waals surface area contributed by atoms with Gasteiger partial charge in [0.1, 0.15) is 6.61 Å². The minimum atomic E-state index is -0.476. The van der Waals surface area contributed by atoms with Crippen LogP contribution in [0.2, 0.25) is 0 Å². The Morgan fingerprint density at radius 3 is 2.34 bits per heavy atom. The Morgan fingerprint density at radius 1 is 0.943 bits per heavy atom. The van der Waals surface area contributed by atoms with Gasteiger partial charge in [0, 0.05) is 33.8 Å². The third-order valence-electron chi connectivity index (χ3n) is 6.71. The molecule has 3 aromatic rings. The van der Waals surface area contributed by atoms with Crippen molar-refractivity contribution in [2.45, 2.75) is 38.2 Å². The van der Waals surface area contributed by atoms with Crippen molar-refractivity contribution in [3.63, 3.8) is 0 Å². The van der Waals surface area contributed by atoms with Crippen molar-refractivity contribution in [2.24, 2.45) is 0 Å². The molecule has 0 saturated carbocycles. The van der Waals surface area contributed by atoms with Crippen molar-refractivity contribution >= 4 is 27.7 Å². The number of carbonyl (C=O) groups is 2. The van der Waals surface area contributed by atoms with E-state index in [-0.39, 0.29) is 18.3 Å². The van der Waals surface area contributed by atoms with Gasteiger partial charge in [0.15, 0.2) is 5.78 Å². The van der Waals surface area contributed by atoms with Crippen molar-refractivity contribution in [1.82, 2.24) is 5.32 Å². The van der Waals surface area contributed by atoms with E-state index in [4.69, 9.17) is 4.74 Å². The third-order valence-corrected chi connectivity index (χ3v) is 7.21. The van der Waals surface area contributed by atoms with Crippen LogP contribution in [0, 0.1) is 0 Å². The predicted octanol–water partition coefficient (Wildman–Crippen LogP) is 6.55.